The van der Waals surface area contributed by atoms with Crippen molar-refractivity contribution in [2.45, 2.75) is 26.7 Å². The predicted octanol–water partition coefficient (Wildman–Crippen LogP) is 3.29. The Morgan fingerprint density at radius 3 is 2.81 bits per heavy atom. The average molecular weight is 347 g/mol. The zero-order valence-electron chi connectivity index (χ0n) is 14.9. The predicted molar refractivity (Wildman–Crippen MR) is 99.6 cm³/mol. The molecule has 0 atom stereocenters. The van der Waals surface area contributed by atoms with E-state index < -0.39 is 0 Å². The molecule has 0 spiro atoms. The van der Waals surface area contributed by atoms with E-state index >= 15 is 0 Å². The Labute approximate surface area is 152 Å². The summed E-state index contributed by atoms with van der Waals surface area (Å²) in [6.45, 7) is 4.70. The Balaban J connectivity index is 1.59. The fraction of sp³-hybridized carbons (Fsp3) is 0.300. The quantitative estimate of drug-likeness (QED) is 0.742. The van der Waals surface area contributed by atoms with Gasteiger partial charge in [0, 0.05) is 36.4 Å². The molecular formula is C20H21N5O. The molecule has 0 aromatic carbocycles. The van der Waals surface area contributed by atoms with E-state index in [1.807, 2.05) is 32.0 Å². The second kappa shape index (κ2) is 6.71. The van der Waals surface area contributed by atoms with Gasteiger partial charge in [0.15, 0.2) is 5.82 Å². The summed E-state index contributed by atoms with van der Waals surface area (Å²) in [7, 11) is 0. The largest absolute Gasteiger partial charge is 0.352 e. The van der Waals surface area contributed by atoms with E-state index in [1.165, 1.54) is 12.8 Å². The van der Waals surface area contributed by atoms with Crippen LogP contribution in [-0.2, 0) is 0 Å². The molecular weight excluding hydrogens is 326 g/mol. The van der Waals surface area contributed by atoms with Crippen molar-refractivity contribution in [1.29, 1.82) is 0 Å². The Kier molecular flexibility index (Phi) is 4.24. The summed E-state index contributed by atoms with van der Waals surface area (Å²) in [4.78, 5) is 28.7. The van der Waals surface area contributed by atoms with Gasteiger partial charge < -0.3 is 10.3 Å². The SMILES string of the molecule is Cc1nc(-c2cc(-c3cncc(C(=O)NCC4CC4)c3)ccn2)[nH]c1C. The number of nitrogens with one attached hydrogen (secondary N) is 2. The molecule has 0 radical (unpaired) electrons. The van der Waals surface area contributed by atoms with E-state index in [1.54, 1.807) is 18.6 Å². The maximum absolute atomic E-state index is 12.3. The van der Waals surface area contributed by atoms with E-state index in [9.17, 15) is 4.79 Å². The molecule has 6 nitrogen and oxygen atoms in total. The Hall–Kier alpha value is -3.02. The summed E-state index contributed by atoms with van der Waals surface area (Å²) in [6.07, 6.45) is 7.54. The molecule has 1 aliphatic carbocycles. The molecule has 26 heavy (non-hydrogen) atoms. The summed E-state index contributed by atoms with van der Waals surface area (Å²) >= 11 is 0. The van der Waals surface area contributed by atoms with Gasteiger partial charge in [0.05, 0.1) is 11.3 Å². The number of amides is 1. The van der Waals surface area contributed by atoms with Crippen molar-refractivity contribution >= 4 is 5.91 Å². The van der Waals surface area contributed by atoms with Gasteiger partial charge in [-0.2, -0.15) is 0 Å². The molecule has 3 aromatic rings. The van der Waals surface area contributed by atoms with Gasteiger partial charge in [0.25, 0.3) is 5.91 Å². The molecule has 3 aromatic heterocycles. The molecule has 0 saturated heterocycles. The number of H-pyrrole nitrogens is 1. The van der Waals surface area contributed by atoms with Crippen LogP contribution < -0.4 is 5.32 Å². The molecule has 6 heteroatoms. The second-order valence-corrected chi connectivity index (χ2v) is 6.84. The number of aromatic amines is 1. The summed E-state index contributed by atoms with van der Waals surface area (Å²) in [5.41, 5.74) is 5.17. The van der Waals surface area contributed by atoms with Crippen LogP contribution in [0.2, 0.25) is 0 Å². The minimum Gasteiger partial charge on any atom is -0.352 e. The smallest absolute Gasteiger partial charge is 0.252 e. The van der Waals surface area contributed by atoms with Crippen LogP contribution in [0.15, 0.2) is 36.8 Å². The number of carbonyl (C=O) groups excluding carboxylic acids is 1. The topological polar surface area (TPSA) is 83.6 Å². The Bertz CT molecular complexity index is 939. The van der Waals surface area contributed by atoms with Crippen molar-refractivity contribution in [1.82, 2.24) is 25.3 Å². The van der Waals surface area contributed by atoms with Crippen molar-refractivity contribution in [2.24, 2.45) is 5.92 Å². The van der Waals surface area contributed by atoms with Crippen LogP contribution in [0.3, 0.4) is 0 Å². The summed E-state index contributed by atoms with van der Waals surface area (Å²) in [6, 6.07) is 5.74. The van der Waals surface area contributed by atoms with Crippen LogP contribution in [0.5, 0.6) is 0 Å². The lowest BCUT2D eigenvalue weighted by Crippen LogP contribution is -2.25. The molecule has 1 fully saturated rings. The summed E-state index contributed by atoms with van der Waals surface area (Å²) in [5, 5.41) is 2.98. The fourth-order valence-electron chi connectivity index (χ4n) is 2.79. The lowest BCUT2D eigenvalue weighted by molar-refractivity contribution is 0.0951. The highest BCUT2D eigenvalue weighted by atomic mass is 16.1. The van der Waals surface area contributed by atoms with Gasteiger partial charge in [-0.15, -0.1) is 0 Å². The first-order chi connectivity index (χ1) is 12.6. The number of hydrogen-bond donors (Lipinski definition) is 2. The molecule has 1 aliphatic rings. The third-order valence-corrected chi connectivity index (χ3v) is 4.71. The first-order valence-corrected chi connectivity index (χ1v) is 8.83. The maximum Gasteiger partial charge on any atom is 0.252 e. The van der Waals surface area contributed by atoms with Gasteiger partial charge in [0.1, 0.15) is 5.69 Å². The van der Waals surface area contributed by atoms with E-state index in [0.717, 1.165) is 40.6 Å². The zero-order valence-corrected chi connectivity index (χ0v) is 14.9. The van der Waals surface area contributed by atoms with Gasteiger partial charge >= 0.3 is 0 Å². The maximum atomic E-state index is 12.3. The van der Waals surface area contributed by atoms with Crippen LogP contribution in [-0.4, -0.2) is 32.4 Å². The number of aryl methyl sites for hydroxylation is 2. The second-order valence-electron chi connectivity index (χ2n) is 6.84. The van der Waals surface area contributed by atoms with Crippen molar-refractivity contribution < 1.29 is 4.79 Å². The van der Waals surface area contributed by atoms with Gasteiger partial charge in [0.2, 0.25) is 0 Å². The monoisotopic (exact) mass is 347 g/mol. The van der Waals surface area contributed by atoms with Crippen LogP contribution in [0.25, 0.3) is 22.6 Å². The number of aromatic nitrogens is 4. The van der Waals surface area contributed by atoms with Crippen LogP contribution >= 0.6 is 0 Å². The minimum atomic E-state index is -0.0715. The van der Waals surface area contributed by atoms with Crippen molar-refractivity contribution in [2.75, 3.05) is 6.54 Å². The third kappa shape index (κ3) is 3.49. The molecule has 1 amide bonds. The van der Waals surface area contributed by atoms with E-state index in [2.05, 4.69) is 25.3 Å². The standard InChI is InChI=1S/C20H21N5O/c1-12-13(2)25-19(24-12)18-8-15(5-6-22-18)16-7-17(11-21-10-16)20(26)23-9-14-3-4-14/h5-8,10-11,14H,3-4,9H2,1-2H3,(H,23,26)(H,24,25). The first kappa shape index (κ1) is 16.4. The van der Waals surface area contributed by atoms with Gasteiger partial charge in [-0.1, -0.05) is 0 Å². The molecule has 0 bridgehead atoms. The molecule has 0 unspecified atom stereocenters. The first-order valence-electron chi connectivity index (χ1n) is 8.83. The number of hydrogen-bond acceptors (Lipinski definition) is 4. The third-order valence-electron chi connectivity index (χ3n) is 4.71. The van der Waals surface area contributed by atoms with Crippen LogP contribution in [0, 0.1) is 19.8 Å². The lowest BCUT2D eigenvalue weighted by atomic mass is 10.1. The van der Waals surface area contributed by atoms with Crippen molar-refractivity contribution in [3.63, 3.8) is 0 Å². The van der Waals surface area contributed by atoms with E-state index in [0.29, 0.717) is 11.5 Å². The summed E-state index contributed by atoms with van der Waals surface area (Å²) in [5.74, 6) is 1.32. The highest BCUT2D eigenvalue weighted by molar-refractivity contribution is 5.95. The highest BCUT2D eigenvalue weighted by Gasteiger charge is 2.22. The fourth-order valence-corrected chi connectivity index (χ4v) is 2.79. The lowest BCUT2D eigenvalue weighted by Gasteiger charge is -2.07. The normalized spacial score (nSPS) is 13.6. The number of pyridine rings is 2. The van der Waals surface area contributed by atoms with Crippen molar-refractivity contribution in [3.8, 4) is 22.6 Å². The van der Waals surface area contributed by atoms with Gasteiger partial charge in [-0.25, -0.2) is 4.98 Å². The molecule has 3 heterocycles. The summed E-state index contributed by atoms with van der Waals surface area (Å²) < 4.78 is 0. The molecule has 4 rings (SSSR count). The minimum absolute atomic E-state index is 0.0715. The number of carbonyl (C=O) groups is 1. The number of imidazole rings is 1. The molecule has 2 N–H and O–H groups in total. The molecule has 0 aliphatic heterocycles. The van der Waals surface area contributed by atoms with Crippen LogP contribution in [0.1, 0.15) is 34.6 Å². The zero-order chi connectivity index (χ0) is 18.1. The van der Waals surface area contributed by atoms with E-state index in [-0.39, 0.29) is 5.91 Å². The highest BCUT2D eigenvalue weighted by Crippen LogP contribution is 2.28. The number of nitrogens with zero attached hydrogens (tertiary/aromatic N) is 3. The molecule has 132 valence electrons. The molecule has 1 saturated carbocycles. The van der Waals surface area contributed by atoms with Gasteiger partial charge in [-0.05, 0) is 56.4 Å². The van der Waals surface area contributed by atoms with Crippen molar-refractivity contribution in [3.05, 3.63) is 53.7 Å². The Morgan fingerprint density at radius 2 is 2.08 bits per heavy atom. The van der Waals surface area contributed by atoms with E-state index in [4.69, 9.17) is 0 Å². The Morgan fingerprint density at radius 1 is 1.23 bits per heavy atom. The van der Waals surface area contributed by atoms with Gasteiger partial charge in [-0.3, -0.25) is 14.8 Å². The number of rotatable bonds is 5. The average Bonchev–Trinajstić information content (AvgIpc) is 3.44. The van der Waals surface area contributed by atoms with Crippen LogP contribution in [0.4, 0.5) is 0 Å².